The van der Waals surface area contributed by atoms with Crippen molar-refractivity contribution in [3.63, 3.8) is 0 Å². The lowest BCUT2D eigenvalue weighted by Crippen LogP contribution is -2.15. The molecular formula is C16H23N3O. The summed E-state index contributed by atoms with van der Waals surface area (Å²) >= 11 is 0. The van der Waals surface area contributed by atoms with Gasteiger partial charge in [0.15, 0.2) is 0 Å². The summed E-state index contributed by atoms with van der Waals surface area (Å²) < 4.78 is 7.77. The minimum atomic E-state index is 0.630. The Balaban J connectivity index is 1.91. The second-order valence-corrected chi connectivity index (χ2v) is 4.91. The second kappa shape index (κ2) is 7.70. The van der Waals surface area contributed by atoms with Crippen LogP contribution in [0.3, 0.4) is 0 Å². The van der Waals surface area contributed by atoms with Crippen molar-refractivity contribution in [2.75, 3.05) is 13.2 Å². The van der Waals surface area contributed by atoms with Crippen molar-refractivity contribution >= 4 is 0 Å². The van der Waals surface area contributed by atoms with E-state index in [4.69, 9.17) is 4.74 Å². The van der Waals surface area contributed by atoms with Crippen LogP contribution in [0, 0.1) is 6.92 Å². The monoisotopic (exact) mass is 273 g/mol. The summed E-state index contributed by atoms with van der Waals surface area (Å²) in [4.78, 5) is 0. The van der Waals surface area contributed by atoms with E-state index in [2.05, 4.69) is 42.5 Å². The third-order valence-corrected chi connectivity index (χ3v) is 3.10. The van der Waals surface area contributed by atoms with E-state index in [1.165, 1.54) is 11.1 Å². The van der Waals surface area contributed by atoms with Gasteiger partial charge in [-0.05, 0) is 32.0 Å². The molecule has 0 bridgehead atoms. The molecule has 1 aromatic heterocycles. The number of rotatable bonds is 8. The third-order valence-electron chi connectivity index (χ3n) is 3.10. The summed E-state index contributed by atoms with van der Waals surface area (Å²) in [7, 11) is 0. The van der Waals surface area contributed by atoms with Crippen LogP contribution in [-0.4, -0.2) is 22.9 Å². The Labute approximate surface area is 120 Å². The van der Waals surface area contributed by atoms with Gasteiger partial charge >= 0.3 is 0 Å². The molecule has 4 heteroatoms. The highest BCUT2D eigenvalue weighted by molar-refractivity contribution is 5.36. The summed E-state index contributed by atoms with van der Waals surface area (Å²) in [5.41, 5.74) is 2.48. The third kappa shape index (κ3) is 4.38. The fourth-order valence-electron chi connectivity index (χ4n) is 2.07. The lowest BCUT2D eigenvalue weighted by atomic mass is 10.1. The summed E-state index contributed by atoms with van der Waals surface area (Å²) in [6.45, 7) is 7.56. The molecule has 0 unspecified atom stereocenters. The van der Waals surface area contributed by atoms with Crippen LogP contribution >= 0.6 is 0 Å². The van der Waals surface area contributed by atoms with Crippen molar-refractivity contribution in [2.45, 2.75) is 33.4 Å². The van der Waals surface area contributed by atoms with Gasteiger partial charge in [0, 0.05) is 24.5 Å². The molecule has 108 valence electrons. The van der Waals surface area contributed by atoms with Gasteiger partial charge < -0.3 is 10.1 Å². The fraction of sp³-hybridized carbons (Fsp3) is 0.438. The number of hydrogen-bond donors (Lipinski definition) is 1. The average molecular weight is 273 g/mol. The molecule has 20 heavy (non-hydrogen) atoms. The van der Waals surface area contributed by atoms with E-state index in [0.717, 1.165) is 31.8 Å². The summed E-state index contributed by atoms with van der Waals surface area (Å²) in [5, 5.41) is 7.59. The molecule has 0 atom stereocenters. The fourth-order valence-corrected chi connectivity index (χ4v) is 2.07. The molecule has 4 nitrogen and oxygen atoms in total. The van der Waals surface area contributed by atoms with E-state index < -0.39 is 0 Å². The molecule has 1 aromatic carbocycles. The van der Waals surface area contributed by atoms with Crippen LogP contribution in [0.1, 0.15) is 24.5 Å². The van der Waals surface area contributed by atoms with Crippen molar-refractivity contribution in [3.8, 4) is 5.75 Å². The summed E-state index contributed by atoms with van der Waals surface area (Å²) in [6.07, 6.45) is 4.87. The largest absolute Gasteiger partial charge is 0.491 e. The molecule has 0 radical (unpaired) electrons. The minimum Gasteiger partial charge on any atom is -0.491 e. The Morgan fingerprint density at radius 1 is 1.35 bits per heavy atom. The molecule has 0 spiro atoms. The van der Waals surface area contributed by atoms with Crippen molar-refractivity contribution < 1.29 is 4.74 Å². The zero-order valence-electron chi connectivity index (χ0n) is 12.3. The van der Waals surface area contributed by atoms with Crippen LogP contribution in [0.4, 0.5) is 0 Å². The number of nitrogens with one attached hydrogen (secondary N) is 1. The van der Waals surface area contributed by atoms with Crippen molar-refractivity contribution in [3.05, 3.63) is 47.8 Å². The second-order valence-electron chi connectivity index (χ2n) is 4.91. The normalized spacial score (nSPS) is 10.7. The van der Waals surface area contributed by atoms with Crippen molar-refractivity contribution in [1.29, 1.82) is 0 Å². The zero-order chi connectivity index (χ0) is 14.2. The zero-order valence-corrected chi connectivity index (χ0v) is 12.3. The first kappa shape index (κ1) is 14.6. The van der Waals surface area contributed by atoms with Gasteiger partial charge in [0.2, 0.25) is 0 Å². The van der Waals surface area contributed by atoms with E-state index in [9.17, 15) is 0 Å². The molecule has 0 saturated carbocycles. The van der Waals surface area contributed by atoms with E-state index in [0.29, 0.717) is 6.61 Å². The number of aryl methyl sites for hydroxylation is 1. The van der Waals surface area contributed by atoms with Gasteiger partial charge in [0.25, 0.3) is 0 Å². The molecule has 0 amide bonds. The van der Waals surface area contributed by atoms with Crippen LogP contribution in [0.5, 0.6) is 5.75 Å². The van der Waals surface area contributed by atoms with Crippen molar-refractivity contribution in [1.82, 2.24) is 15.1 Å². The average Bonchev–Trinajstić information content (AvgIpc) is 2.95. The van der Waals surface area contributed by atoms with E-state index in [1.807, 2.05) is 16.9 Å². The van der Waals surface area contributed by atoms with Crippen LogP contribution in [0.2, 0.25) is 0 Å². The highest BCUT2D eigenvalue weighted by Gasteiger charge is 2.04. The van der Waals surface area contributed by atoms with Gasteiger partial charge in [-0.3, -0.25) is 4.68 Å². The molecule has 0 fully saturated rings. The maximum Gasteiger partial charge on any atom is 0.123 e. The number of nitrogens with zero attached hydrogens (tertiary/aromatic N) is 2. The Morgan fingerprint density at radius 2 is 2.25 bits per heavy atom. The molecule has 2 aromatic rings. The van der Waals surface area contributed by atoms with Crippen molar-refractivity contribution in [2.24, 2.45) is 0 Å². The summed E-state index contributed by atoms with van der Waals surface area (Å²) in [6, 6.07) is 8.26. The van der Waals surface area contributed by atoms with Gasteiger partial charge in [-0.2, -0.15) is 5.10 Å². The molecule has 0 aliphatic heterocycles. The molecular weight excluding hydrogens is 250 g/mol. The van der Waals surface area contributed by atoms with Crippen LogP contribution < -0.4 is 10.1 Å². The molecule has 0 saturated heterocycles. The van der Waals surface area contributed by atoms with Crippen LogP contribution in [0.25, 0.3) is 0 Å². The predicted molar refractivity (Wildman–Crippen MR) is 80.9 cm³/mol. The Hall–Kier alpha value is -1.81. The Kier molecular flexibility index (Phi) is 5.62. The minimum absolute atomic E-state index is 0.630. The first-order valence-corrected chi connectivity index (χ1v) is 7.20. The number of benzene rings is 1. The molecule has 1 N–H and O–H groups in total. The smallest absolute Gasteiger partial charge is 0.123 e. The number of hydrogen-bond acceptors (Lipinski definition) is 3. The SMILES string of the molecule is CCCNCc1cc(C)ccc1OCCn1cccn1. The van der Waals surface area contributed by atoms with Gasteiger partial charge in [0.05, 0.1) is 6.54 Å². The predicted octanol–water partition coefficient (Wildman–Crippen LogP) is 2.77. The topological polar surface area (TPSA) is 39.1 Å². The van der Waals surface area contributed by atoms with Crippen LogP contribution in [0.15, 0.2) is 36.7 Å². The molecule has 1 heterocycles. The van der Waals surface area contributed by atoms with E-state index >= 15 is 0 Å². The lowest BCUT2D eigenvalue weighted by Gasteiger charge is -2.13. The highest BCUT2D eigenvalue weighted by atomic mass is 16.5. The van der Waals surface area contributed by atoms with Gasteiger partial charge in [-0.15, -0.1) is 0 Å². The lowest BCUT2D eigenvalue weighted by molar-refractivity contribution is 0.288. The maximum atomic E-state index is 5.90. The van der Waals surface area contributed by atoms with Gasteiger partial charge in [-0.25, -0.2) is 0 Å². The number of aromatic nitrogens is 2. The maximum absolute atomic E-state index is 5.90. The Bertz CT molecular complexity index is 508. The standard InChI is InChI=1S/C16H23N3O/c1-3-7-17-13-15-12-14(2)5-6-16(15)20-11-10-19-9-4-8-18-19/h4-6,8-9,12,17H,3,7,10-11,13H2,1-2H3. The highest BCUT2D eigenvalue weighted by Crippen LogP contribution is 2.20. The molecule has 0 aliphatic carbocycles. The first-order valence-electron chi connectivity index (χ1n) is 7.20. The quantitative estimate of drug-likeness (QED) is 0.752. The van der Waals surface area contributed by atoms with Crippen LogP contribution in [-0.2, 0) is 13.1 Å². The first-order chi connectivity index (χ1) is 9.79. The molecule has 2 rings (SSSR count). The Morgan fingerprint density at radius 3 is 3.00 bits per heavy atom. The van der Waals surface area contributed by atoms with Gasteiger partial charge in [-0.1, -0.05) is 24.6 Å². The van der Waals surface area contributed by atoms with Gasteiger partial charge in [0.1, 0.15) is 12.4 Å². The van der Waals surface area contributed by atoms with E-state index in [1.54, 1.807) is 6.20 Å². The summed E-state index contributed by atoms with van der Waals surface area (Å²) in [5.74, 6) is 0.964. The van der Waals surface area contributed by atoms with E-state index in [-0.39, 0.29) is 0 Å². The number of ether oxygens (including phenoxy) is 1. The molecule has 0 aliphatic rings.